The minimum atomic E-state index is -4.73. The van der Waals surface area contributed by atoms with Crippen LogP contribution in [0.1, 0.15) is 39.5 Å². The van der Waals surface area contributed by atoms with E-state index in [9.17, 15) is 18.6 Å². The first-order valence-corrected chi connectivity index (χ1v) is 11.3. The number of aliphatic hydroxyl groups is 2. The van der Waals surface area contributed by atoms with Gasteiger partial charge in [-0.25, -0.2) is 4.18 Å². The summed E-state index contributed by atoms with van der Waals surface area (Å²) in [6.45, 7) is 3.87. The van der Waals surface area contributed by atoms with Crippen molar-refractivity contribution >= 4 is 10.4 Å². The lowest BCUT2D eigenvalue weighted by molar-refractivity contribution is -0.309. The van der Waals surface area contributed by atoms with Crippen LogP contribution in [0.25, 0.3) is 0 Å². The highest BCUT2D eigenvalue weighted by molar-refractivity contribution is 7.80. The highest BCUT2D eigenvalue weighted by atomic mass is 32.3. The molecule has 2 fully saturated rings. The molecule has 0 spiro atoms. The molecule has 2 aliphatic heterocycles. The van der Waals surface area contributed by atoms with Gasteiger partial charge in [-0.1, -0.05) is 26.7 Å². The molecule has 0 aromatic heterocycles. The predicted octanol–water partition coefficient (Wildman–Crippen LogP) is -0.446. The average molecular weight is 444 g/mol. The standard InChI is InChI=1S/C17H33NO10S/c1-3-4-5-6-24-17-14(18)15(20)16(12(27-17)9-26-29(21,22)23)28-13-7-11(19)10(2)8-25-13/h10-17,19-20H,3-9,18H2,1-2H3,(H,21,22,23)/t10-,11-,12?,13-,14?,15+,16+,17+/m0/s1. The van der Waals surface area contributed by atoms with Crippen LogP contribution < -0.4 is 5.73 Å². The Kier molecular flexibility index (Phi) is 9.67. The Morgan fingerprint density at radius 3 is 2.59 bits per heavy atom. The van der Waals surface area contributed by atoms with Gasteiger partial charge >= 0.3 is 10.4 Å². The van der Waals surface area contributed by atoms with E-state index in [1.165, 1.54) is 0 Å². The van der Waals surface area contributed by atoms with Gasteiger partial charge in [0, 0.05) is 18.9 Å². The summed E-state index contributed by atoms with van der Waals surface area (Å²) in [6.07, 6.45) is -3.11. The second-order valence-corrected chi connectivity index (χ2v) is 8.64. The molecule has 8 atom stereocenters. The summed E-state index contributed by atoms with van der Waals surface area (Å²) >= 11 is 0. The summed E-state index contributed by atoms with van der Waals surface area (Å²) in [4.78, 5) is 0. The lowest BCUT2D eigenvalue weighted by Gasteiger charge is -2.44. The van der Waals surface area contributed by atoms with Gasteiger partial charge in [-0.2, -0.15) is 8.42 Å². The molecule has 12 heteroatoms. The van der Waals surface area contributed by atoms with Gasteiger partial charge in [0.1, 0.15) is 18.3 Å². The van der Waals surface area contributed by atoms with Gasteiger partial charge < -0.3 is 34.9 Å². The quantitative estimate of drug-likeness (QED) is 0.255. The van der Waals surface area contributed by atoms with Crippen molar-refractivity contribution in [2.75, 3.05) is 19.8 Å². The zero-order valence-corrected chi connectivity index (χ0v) is 17.6. The fourth-order valence-corrected chi connectivity index (χ4v) is 3.54. The van der Waals surface area contributed by atoms with E-state index in [1.807, 2.05) is 13.8 Å². The molecule has 0 aliphatic carbocycles. The van der Waals surface area contributed by atoms with Gasteiger partial charge in [-0.3, -0.25) is 4.55 Å². The smallest absolute Gasteiger partial charge is 0.393 e. The number of rotatable bonds is 10. The zero-order valence-electron chi connectivity index (χ0n) is 16.8. The normalized spacial score (nSPS) is 38.8. The summed E-state index contributed by atoms with van der Waals surface area (Å²) in [5, 5.41) is 20.7. The van der Waals surface area contributed by atoms with E-state index in [-0.39, 0.29) is 18.9 Å². The second-order valence-electron chi connectivity index (χ2n) is 7.54. The van der Waals surface area contributed by atoms with Crippen molar-refractivity contribution < 1.29 is 46.3 Å². The Balaban J connectivity index is 2.05. The Morgan fingerprint density at radius 2 is 1.97 bits per heavy atom. The highest BCUT2D eigenvalue weighted by Gasteiger charge is 2.47. The van der Waals surface area contributed by atoms with E-state index >= 15 is 0 Å². The summed E-state index contributed by atoms with van der Waals surface area (Å²) in [5.74, 6) is -0.0656. The second kappa shape index (κ2) is 11.3. The molecule has 2 aliphatic rings. The number of nitrogens with two attached hydrogens (primary N) is 1. The Labute approximate surface area is 171 Å². The van der Waals surface area contributed by atoms with Gasteiger partial charge in [-0.05, 0) is 6.42 Å². The molecule has 0 aromatic rings. The molecule has 0 saturated carbocycles. The number of hydrogen-bond acceptors (Lipinski definition) is 10. The van der Waals surface area contributed by atoms with Crippen LogP contribution in [0.3, 0.4) is 0 Å². The van der Waals surface area contributed by atoms with Crippen LogP contribution in [0, 0.1) is 5.92 Å². The van der Waals surface area contributed by atoms with Crippen LogP contribution in [0.4, 0.5) is 0 Å². The van der Waals surface area contributed by atoms with Gasteiger partial charge in [0.25, 0.3) is 0 Å². The van der Waals surface area contributed by atoms with Crippen LogP contribution in [0.15, 0.2) is 0 Å². The first kappa shape index (κ1) is 24.9. The fourth-order valence-electron chi connectivity index (χ4n) is 3.24. The zero-order chi connectivity index (χ0) is 21.6. The summed E-state index contributed by atoms with van der Waals surface area (Å²) < 4.78 is 57.8. The summed E-state index contributed by atoms with van der Waals surface area (Å²) in [7, 11) is -4.73. The first-order valence-electron chi connectivity index (χ1n) is 9.90. The molecule has 5 N–H and O–H groups in total. The third kappa shape index (κ3) is 7.65. The van der Waals surface area contributed by atoms with E-state index in [1.54, 1.807) is 0 Å². The van der Waals surface area contributed by atoms with Crippen LogP contribution >= 0.6 is 0 Å². The van der Waals surface area contributed by atoms with Crippen molar-refractivity contribution in [3.8, 4) is 0 Å². The first-order chi connectivity index (χ1) is 13.6. The molecule has 2 rings (SSSR count). The molecular weight excluding hydrogens is 410 g/mol. The van der Waals surface area contributed by atoms with E-state index in [0.29, 0.717) is 6.61 Å². The topological polar surface area (TPSA) is 167 Å². The van der Waals surface area contributed by atoms with Crippen molar-refractivity contribution in [2.24, 2.45) is 11.7 Å². The number of aliphatic hydroxyl groups excluding tert-OH is 2. The molecular formula is C17H33NO10S. The molecule has 0 amide bonds. The molecule has 0 aromatic carbocycles. The van der Waals surface area contributed by atoms with Gasteiger partial charge in [0.2, 0.25) is 0 Å². The summed E-state index contributed by atoms with van der Waals surface area (Å²) in [5.41, 5.74) is 6.05. The van der Waals surface area contributed by atoms with E-state index in [0.717, 1.165) is 19.3 Å². The lowest BCUT2D eigenvalue weighted by Crippen LogP contribution is -2.64. The van der Waals surface area contributed by atoms with E-state index in [2.05, 4.69) is 4.18 Å². The van der Waals surface area contributed by atoms with Crippen LogP contribution in [-0.2, 0) is 33.5 Å². The van der Waals surface area contributed by atoms with E-state index < -0.39 is 60.0 Å². The molecule has 11 nitrogen and oxygen atoms in total. The fraction of sp³-hybridized carbons (Fsp3) is 1.00. The average Bonchev–Trinajstić information content (AvgIpc) is 2.65. The highest BCUT2D eigenvalue weighted by Crippen LogP contribution is 2.28. The number of hydrogen-bond donors (Lipinski definition) is 4. The molecule has 172 valence electrons. The number of unbranched alkanes of at least 4 members (excludes halogenated alkanes) is 2. The van der Waals surface area contributed by atoms with Crippen molar-refractivity contribution in [3.63, 3.8) is 0 Å². The SMILES string of the molecule is CCCCCO[C@@H]1OC(COS(=O)(=O)O)[C@@H](O[C@H]2C[C@H](O)[C@@H](C)CO2)[C@H](O)C1N. The van der Waals surface area contributed by atoms with Crippen molar-refractivity contribution in [3.05, 3.63) is 0 Å². The molecule has 0 bridgehead atoms. The van der Waals surface area contributed by atoms with Crippen molar-refractivity contribution in [2.45, 2.75) is 82.6 Å². The molecule has 2 heterocycles. The Bertz CT molecular complexity index is 591. The van der Waals surface area contributed by atoms with Gasteiger partial charge in [0.05, 0.1) is 25.4 Å². The molecule has 2 unspecified atom stereocenters. The van der Waals surface area contributed by atoms with Crippen molar-refractivity contribution in [1.82, 2.24) is 0 Å². The number of ether oxygens (including phenoxy) is 4. The van der Waals surface area contributed by atoms with Crippen LogP contribution in [0.5, 0.6) is 0 Å². The maximum Gasteiger partial charge on any atom is 0.397 e. The maximum atomic E-state index is 11.0. The van der Waals surface area contributed by atoms with Crippen LogP contribution in [-0.4, -0.2) is 86.0 Å². The third-order valence-electron chi connectivity index (χ3n) is 5.08. The minimum Gasteiger partial charge on any atom is -0.393 e. The monoisotopic (exact) mass is 443 g/mol. The Hall–Kier alpha value is -0.410. The van der Waals surface area contributed by atoms with Gasteiger partial charge in [0.15, 0.2) is 12.6 Å². The predicted molar refractivity (Wildman–Crippen MR) is 100 cm³/mol. The lowest BCUT2D eigenvalue weighted by atomic mass is 9.96. The molecule has 0 radical (unpaired) electrons. The minimum absolute atomic E-state index is 0.0656. The maximum absolute atomic E-state index is 11.0. The largest absolute Gasteiger partial charge is 0.397 e. The van der Waals surface area contributed by atoms with Crippen LogP contribution in [0.2, 0.25) is 0 Å². The molecule has 29 heavy (non-hydrogen) atoms. The molecule has 2 saturated heterocycles. The third-order valence-corrected chi connectivity index (χ3v) is 5.51. The van der Waals surface area contributed by atoms with Crippen molar-refractivity contribution in [1.29, 1.82) is 0 Å². The van der Waals surface area contributed by atoms with E-state index in [4.69, 9.17) is 29.2 Å². The Morgan fingerprint density at radius 1 is 1.24 bits per heavy atom. The van der Waals surface area contributed by atoms with Gasteiger partial charge in [-0.15, -0.1) is 0 Å². The summed E-state index contributed by atoms with van der Waals surface area (Å²) in [6, 6.07) is -0.962.